The predicted octanol–water partition coefficient (Wildman–Crippen LogP) is 2.07. The molecular formula is C19H17F2N5O2. The first kappa shape index (κ1) is 18.1. The van der Waals surface area contributed by atoms with Crippen LogP contribution < -0.4 is 10.6 Å². The van der Waals surface area contributed by atoms with Crippen LogP contribution >= 0.6 is 0 Å². The zero-order chi connectivity index (χ0) is 19.7. The van der Waals surface area contributed by atoms with Crippen LogP contribution in [-0.2, 0) is 6.61 Å². The number of imidazole rings is 1. The molecule has 3 aromatic rings. The minimum Gasteiger partial charge on any atom is -0.390 e. The van der Waals surface area contributed by atoms with E-state index in [4.69, 9.17) is 0 Å². The van der Waals surface area contributed by atoms with Crippen LogP contribution in [0.4, 0.5) is 14.6 Å². The summed E-state index contributed by atoms with van der Waals surface area (Å²) in [6, 6.07) is 7.26. The number of amides is 1. The molecule has 0 radical (unpaired) electrons. The van der Waals surface area contributed by atoms with Crippen molar-refractivity contribution in [1.29, 1.82) is 0 Å². The van der Waals surface area contributed by atoms with Crippen LogP contribution in [0.5, 0.6) is 0 Å². The SMILES string of the molecule is O=C(NCC(F)F)c1cnc2ccc(C3=CCNc4nc(CO)ccc43)cn12. The highest BCUT2D eigenvalue weighted by Crippen LogP contribution is 2.31. The Morgan fingerprint density at radius 3 is 2.96 bits per heavy atom. The van der Waals surface area contributed by atoms with E-state index in [9.17, 15) is 18.7 Å². The van der Waals surface area contributed by atoms with Crippen molar-refractivity contribution in [2.45, 2.75) is 13.0 Å². The van der Waals surface area contributed by atoms with E-state index in [1.165, 1.54) is 6.20 Å². The van der Waals surface area contributed by atoms with Crippen LogP contribution in [0.3, 0.4) is 0 Å². The van der Waals surface area contributed by atoms with Crippen LogP contribution in [0.15, 0.2) is 42.7 Å². The van der Waals surface area contributed by atoms with Gasteiger partial charge in [0.25, 0.3) is 12.3 Å². The van der Waals surface area contributed by atoms with E-state index < -0.39 is 18.9 Å². The molecule has 144 valence electrons. The van der Waals surface area contributed by atoms with Crippen molar-refractivity contribution in [3.05, 3.63) is 65.2 Å². The fraction of sp³-hybridized carbons (Fsp3) is 0.211. The summed E-state index contributed by atoms with van der Waals surface area (Å²) in [6.45, 7) is -0.297. The Labute approximate surface area is 158 Å². The first-order valence-corrected chi connectivity index (χ1v) is 8.66. The van der Waals surface area contributed by atoms with Gasteiger partial charge in [0.2, 0.25) is 0 Å². The quantitative estimate of drug-likeness (QED) is 0.626. The summed E-state index contributed by atoms with van der Waals surface area (Å²) < 4.78 is 26.3. The average Bonchev–Trinajstić information content (AvgIpc) is 3.14. The van der Waals surface area contributed by atoms with Gasteiger partial charge < -0.3 is 15.7 Å². The topological polar surface area (TPSA) is 91.5 Å². The second kappa shape index (κ2) is 7.35. The maximum atomic E-state index is 12.4. The summed E-state index contributed by atoms with van der Waals surface area (Å²) in [7, 11) is 0. The van der Waals surface area contributed by atoms with Crippen LogP contribution in [0, 0.1) is 0 Å². The number of aliphatic hydroxyl groups excluding tert-OH is 1. The van der Waals surface area contributed by atoms with Gasteiger partial charge >= 0.3 is 0 Å². The number of carbonyl (C=O) groups excluding carboxylic acids is 1. The van der Waals surface area contributed by atoms with Crippen LogP contribution in [0.1, 0.15) is 27.3 Å². The number of fused-ring (bicyclic) bond motifs is 2. The zero-order valence-corrected chi connectivity index (χ0v) is 14.7. The molecule has 0 aromatic carbocycles. The standard InChI is InChI=1S/C19H17F2N5O2/c20-16(21)8-24-19(28)15-7-23-17-4-1-11(9-26(15)17)13-5-6-22-18-14(13)3-2-12(10-27)25-18/h1-5,7,9,16,27H,6,8,10H2,(H,22,25)(H,24,28). The minimum absolute atomic E-state index is 0.147. The van der Waals surface area contributed by atoms with E-state index >= 15 is 0 Å². The van der Waals surface area contributed by atoms with Crippen LogP contribution in [0.25, 0.3) is 11.2 Å². The third-order valence-corrected chi connectivity index (χ3v) is 4.45. The Morgan fingerprint density at radius 1 is 1.32 bits per heavy atom. The van der Waals surface area contributed by atoms with E-state index in [1.54, 1.807) is 22.7 Å². The minimum atomic E-state index is -2.62. The highest BCUT2D eigenvalue weighted by atomic mass is 19.3. The lowest BCUT2D eigenvalue weighted by Crippen LogP contribution is -2.29. The molecule has 28 heavy (non-hydrogen) atoms. The van der Waals surface area contributed by atoms with Crippen molar-refractivity contribution in [3.8, 4) is 0 Å². The van der Waals surface area contributed by atoms with Crippen LogP contribution in [0.2, 0.25) is 0 Å². The number of anilines is 1. The Kier molecular flexibility index (Phi) is 4.74. The number of pyridine rings is 2. The smallest absolute Gasteiger partial charge is 0.270 e. The number of nitrogens with zero attached hydrogens (tertiary/aromatic N) is 3. The fourth-order valence-electron chi connectivity index (χ4n) is 3.14. The Hall–Kier alpha value is -3.33. The first-order chi connectivity index (χ1) is 13.6. The maximum absolute atomic E-state index is 12.4. The largest absolute Gasteiger partial charge is 0.390 e. The van der Waals surface area contributed by atoms with Crippen molar-refractivity contribution < 1.29 is 18.7 Å². The number of rotatable bonds is 5. The zero-order valence-electron chi connectivity index (χ0n) is 14.7. The molecule has 0 bridgehead atoms. The van der Waals surface area contributed by atoms with Gasteiger partial charge in [-0.25, -0.2) is 18.7 Å². The lowest BCUT2D eigenvalue weighted by Gasteiger charge is -2.19. The molecule has 0 spiro atoms. The van der Waals surface area contributed by atoms with Gasteiger partial charge in [-0.15, -0.1) is 0 Å². The van der Waals surface area contributed by atoms with E-state index in [0.717, 1.165) is 16.7 Å². The van der Waals surface area contributed by atoms with Gasteiger partial charge in [0, 0.05) is 18.3 Å². The van der Waals surface area contributed by atoms with E-state index in [1.807, 2.05) is 18.2 Å². The van der Waals surface area contributed by atoms with Gasteiger partial charge in [0.05, 0.1) is 25.0 Å². The monoisotopic (exact) mass is 385 g/mol. The first-order valence-electron chi connectivity index (χ1n) is 8.66. The number of carbonyl (C=O) groups is 1. The van der Waals surface area contributed by atoms with E-state index in [-0.39, 0.29) is 12.3 Å². The lowest BCUT2D eigenvalue weighted by atomic mass is 9.97. The normalized spacial score (nSPS) is 13.2. The van der Waals surface area contributed by atoms with Gasteiger partial charge in [-0.2, -0.15) is 0 Å². The molecule has 4 rings (SSSR count). The second-order valence-corrected chi connectivity index (χ2v) is 6.25. The third-order valence-electron chi connectivity index (χ3n) is 4.45. The van der Waals surface area contributed by atoms with Crippen molar-refractivity contribution >= 4 is 22.9 Å². The number of nitrogens with one attached hydrogen (secondary N) is 2. The van der Waals surface area contributed by atoms with E-state index in [2.05, 4.69) is 20.6 Å². The molecule has 7 nitrogen and oxygen atoms in total. The number of alkyl halides is 2. The van der Waals surface area contributed by atoms with Gasteiger partial charge in [0.1, 0.15) is 17.2 Å². The maximum Gasteiger partial charge on any atom is 0.270 e. The Morgan fingerprint density at radius 2 is 2.18 bits per heavy atom. The second-order valence-electron chi connectivity index (χ2n) is 6.25. The molecule has 1 amide bonds. The van der Waals surface area contributed by atoms with Crippen LogP contribution in [-0.4, -0.2) is 44.9 Å². The van der Waals surface area contributed by atoms with Gasteiger partial charge in [-0.3, -0.25) is 9.20 Å². The molecule has 1 aliphatic rings. The lowest BCUT2D eigenvalue weighted by molar-refractivity contribution is 0.0886. The third kappa shape index (κ3) is 3.31. The molecule has 0 saturated carbocycles. The highest BCUT2D eigenvalue weighted by molar-refractivity contribution is 5.93. The number of halogens is 2. The Balaban J connectivity index is 1.72. The predicted molar refractivity (Wildman–Crippen MR) is 99.3 cm³/mol. The van der Waals surface area contributed by atoms with Crippen molar-refractivity contribution in [1.82, 2.24) is 19.7 Å². The fourth-order valence-corrected chi connectivity index (χ4v) is 3.14. The molecule has 0 fully saturated rings. The molecule has 4 heterocycles. The molecule has 0 atom stereocenters. The number of aliphatic hydroxyl groups is 1. The molecule has 3 aromatic heterocycles. The summed E-state index contributed by atoms with van der Waals surface area (Å²) in [5, 5.41) is 14.6. The van der Waals surface area contributed by atoms with Crippen molar-refractivity contribution in [2.24, 2.45) is 0 Å². The van der Waals surface area contributed by atoms with Gasteiger partial charge in [-0.05, 0) is 35.4 Å². The molecular weight excluding hydrogens is 368 g/mol. The molecule has 1 aliphatic heterocycles. The molecule has 0 aliphatic carbocycles. The number of aromatic nitrogens is 3. The Bertz CT molecular complexity index is 1080. The molecule has 9 heteroatoms. The van der Waals surface area contributed by atoms with Crippen molar-refractivity contribution in [2.75, 3.05) is 18.4 Å². The summed E-state index contributed by atoms with van der Waals surface area (Å²) >= 11 is 0. The molecule has 0 saturated heterocycles. The molecule has 0 unspecified atom stereocenters. The number of hydrogen-bond acceptors (Lipinski definition) is 5. The average molecular weight is 385 g/mol. The van der Waals surface area contributed by atoms with Gasteiger partial charge in [-0.1, -0.05) is 6.08 Å². The number of hydrogen-bond donors (Lipinski definition) is 3. The summed E-state index contributed by atoms with van der Waals surface area (Å²) in [6.07, 6.45) is 2.49. The van der Waals surface area contributed by atoms with E-state index in [0.29, 0.717) is 23.7 Å². The van der Waals surface area contributed by atoms with Crippen molar-refractivity contribution in [3.63, 3.8) is 0 Å². The molecule has 3 N–H and O–H groups in total. The van der Waals surface area contributed by atoms with Gasteiger partial charge in [0.15, 0.2) is 0 Å². The highest BCUT2D eigenvalue weighted by Gasteiger charge is 2.18. The summed E-state index contributed by atoms with van der Waals surface area (Å²) in [4.78, 5) is 20.8. The summed E-state index contributed by atoms with van der Waals surface area (Å²) in [5.74, 6) is 0.0589. The summed E-state index contributed by atoms with van der Waals surface area (Å²) in [5.41, 5.74) is 3.90.